The van der Waals surface area contributed by atoms with Crippen molar-refractivity contribution in [3.05, 3.63) is 28.8 Å². The summed E-state index contributed by atoms with van der Waals surface area (Å²) in [6, 6.07) is 3.73. The topological polar surface area (TPSA) is 145 Å². The van der Waals surface area contributed by atoms with Crippen molar-refractivity contribution >= 4 is 35.2 Å². The number of amides is 3. The fourth-order valence-electron chi connectivity index (χ4n) is 1.40. The second-order valence-corrected chi connectivity index (χ2v) is 4.37. The molecule has 0 saturated heterocycles. The highest BCUT2D eigenvalue weighted by molar-refractivity contribution is 6.33. The molecule has 1 rings (SSSR count). The molecule has 1 aromatic carbocycles. The first-order valence-corrected chi connectivity index (χ1v) is 5.99. The first-order chi connectivity index (χ1) is 9.83. The SMILES string of the molecule is N#Cc1ccc(NC(=O)NC(CC(N)=O)C(=O)O)c(Cl)c1. The van der Waals surface area contributed by atoms with Crippen molar-refractivity contribution in [3.8, 4) is 6.07 Å². The summed E-state index contributed by atoms with van der Waals surface area (Å²) in [5.74, 6) is -2.26. The van der Waals surface area contributed by atoms with E-state index >= 15 is 0 Å². The van der Waals surface area contributed by atoms with Crippen molar-refractivity contribution in [2.24, 2.45) is 5.73 Å². The third-order valence-electron chi connectivity index (χ3n) is 2.36. The Bertz CT molecular complexity index is 626. The van der Waals surface area contributed by atoms with Crippen LogP contribution in [0.1, 0.15) is 12.0 Å². The maximum absolute atomic E-state index is 11.7. The number of hydrogen-bond donors (Lipinski definition) is 4. The van der Waals surface area contributed by atoms with Gasteiger partial charge in [0, 0.05) is 0 Å². The van der Waals surface area contributed by atoms with E-state index in [0.717, 1.165) is 0 Å². The summed E-state index contributed by atoms with van der Waals surface area (Å²) in [7, 11) is 0. The summed E-state index contributed by atoms with van der Waals surface area (Å²) in [6.07, 6.45) is -0.538. The molecule has 3 amide bonds. The molecule has 0 saturated carbocycles. The second-order valence-electron chi connectivity index (χ2n) is 3.97. The van der Waals surface area contributed by atoms with E-state index in [1.165, 1.54) is 18.2 Å². The number of anilines is 1. The first kappa shape index (κ1) is 16.3. The minimum atomic E-state index is -1.44. The van der Waals surface area contributed by atoms with E-state index in [0.29, 0.717) is 5.56 Å². The zero-order chi connectivity index (χ0) is 16.0. The van der Waals surface area contributed by atoms with Crippen LogP contribution in [-0.4, -0.2) is 29.1 Å². The van der Waals surface area contributed by atoms with Gasteiger partial charge < -0.3 is 21.5 Å². The highest BCUT2D eigenvalue weighted by atomic mass is 35.5. The van der Waals surface area contributed by atoms with E-state index in [9.17, 15) is 14.4 Å². The number of carboxylic acid groups (broad SMARTS) is 1. The summed E-state index contributed by atoms with van der Waals surface area (Å²) in [5.41, 5.74) is 5.39. The molecule has 110 valence electrons. The minimum absolute atomic E-state index is 0.117. The molecule has 0 bridgehead atoms. The number of nitrogens with zero attached hydrogens (tertiary/aromatic N) is 1. The van der Waals surface area contributed by atoms with Crippen LogP contribution in [0.5, 0.6) is 0 Å². The molecule has 0 aromatic heterocycles. The number of carbonyl (C=O) groups is 3. The molecule has 0 radical (unpaired) electrons. The molecular formula is C12H11ClN4O4. The van der Waals surface area contributed by atoms with Gasteiger partial charge in [-0.1, -0.05) is 11.6 Å². The normalized spacial score (nSPS) is 11.0. The molecule has 1 atom stereocenters. The van der Waals surface area contributed by atoms with Gasteiger partial charge in [0.2, 0.25) is 5.91 Å². The Balaban J connectivity index is 2.75. The number of carboxylic acids is 1. The second kappa shape index (κ2) is 7.12. The van der Waals surface area contributed by atoms with Crippen molar-refractivity contribution in [1.29, 1.82) is 5.26 Å². The van der Waals surface area contributed by atoms with Crippen LogP contribution < -0.4 is 16.4 Å². The lowest BCUT2D eigenvalue weighted by atomic mass is 10.2. The third-order valence-corrected chi connectivity index (χ3v) is 2.67. The number of benzene rings is 1. The van der Waals surface area contributed by atoms with E-state index in [1.807, 2.05) is 6.07 Å². The number of nitriles is 1. The summed E-state index contributed by atoms with van der Waals surface area (Å²) >= 11 is 5.85. The van der Waals surface area contributed by atoms with E-state index in [4.69, 9.17) is 27.7 Å². The summed E-state index contributed by atoms with van der Waals surface area (Å²) in [5, 5.41) is 22.0. The Labute approximate surface area is 124 Å². The van der Waals surface area contributed by atoms with Crippen LogP contribution in [0.2, 0.25) is 5.02 Å². The Morgan fingerprint density at radius 2 is 2.10 bits per heavy atom. The fourth-order valence-corrected chi connectivity index (χ4v) is 1.63. The van der Waals surface area contributed by atoms with Gasteiger partial charge in [-0.15, -0.1) is 0 Å². The molecule has 0 heterocycles. The van der Waals surface area contributed by atoms with E-state index in [1.54, 1.807) is 0 Å². The molecule has 0 aliphatic heterocycles. The Morgan fingerprint density at radius 3 is 2.57 bits per heavy atom. The average Bonchev–Trinajstić information content (AvgIpc) is 2.39. The minimum Gasteiger partial charge on any atom is -0.480 e. The van der Waals surface area contributed by atoms with Gasteiger partial charge in [-0.05, 0) is 18.2 Å². The van der Waals surface area contributed by atoms with Gasteiger partial charge in [0.25, 0.3) is 0 Å². The first-order valence-electron chi connectivity index (χ1n) is 5.61. The van der Waals surface area contributed by atoms with E-state index < -0.39 is 30.4 Å². The van der Waals surface area contributed by atoms with Crippen molar-refractivity contribution in [3.63, 3.8) is 0 Å². The van der Waals surface area contributed by atoms with Crippen LogP contribution in [0.4, 0.5) is 10.5 Å². The fraction of sp³-hybridized carbons (Fsp3) is 0.167. The molecule has 21 heavy (non-hydrogen) atoms. The smallest absolute Gasteiger partial charge is 0.326 e. The summed E-state index contributed by atoms with van der Waals surface area (Å²) in [6.45, 7) is 0. The third kappa shape index (κ3) is 5.00. The monoisotopic (exact) mass is 310 g/mol. The van der Waals surface area contributed by atoms with Crippen molar-refractivity contribution < 1.29 is 19.5 Å². The molecule has 0 aliphatic rings. The van der Waals surface area contributed by atoms with Gasteiger partial charge >= 0.3 is 12.0 Å². The predicted molar refractivity (Wildman–Crippen MR) is 73.6 cm³/mol. The van der Waals surface area contributed by atoms with Crippen molar-refractivity contribution in [1.82, 2.24) is 5.32 Å². The van der Waals surface area contributed by atoms with E-state index in [2.05, 4.69) is 10.6 Å². The van der Waals surface area contributed by atoms with Crippen LogP contribution >= 0.6 is 11.6 Å². The molecule has 8 nitrogen and oxygen atoms in total. The highest BCUT2D eigenvalue weighted by Crippen LogP contribution is 2.22. The van der Waals surface area contributed by atoms with Gasteiger partial charge in [-0.25, -0.2) is 9.59 Å². The zero-order valence-electron chi connectivity index (χ0n) is 10.6. The number of nitrogens with two attached hydrogens (primary N) is 1. The number of nitrogens with one attached hydrogen (secondary N) is 2. The zero-order valence-corrected chi connectivity index (χ0v) is 11.3. The number of primary amides is 1. The quantitative estimate of drug-likeness (QED) is 0.631. The summed E-state index contributed by atoms with van der Waals surface area (Å²) in [4.78, 5) is 33.2. The Morgan fingerprint density at radius 1 is 1.43 bits per heavy atom. The maximum Gasteiger partial charge on any atom is 0.326 e. The van der Waals surface area contributed by atoms with Crippen LogP contribution in [-0.2, 0) is 9.59 Å². The lowest BCUT2D eigenvalue weighted by Gasteiger charge is -2.14. The molecule has 0 spiro atoms. The number of urea groups is 1. The van der Waals surface area contributed by atoms with Crippen LogP contribution in [0.15, 0.2) is 18.2 Å². The largest absolute Gasteiger partial charge is 0.480 e. The number of rotatable bonds is 5. The van der Waals surface area contributed by atoms with Gasteiger partial charge in [-0.3, -0.25) is 4.79 Å². The average molecular weight is 311 g/mol. The number of halogens is 1. The highest BCUT2D eigenvalue weighted by Gasteiger charge is 2.22. The molecule has 1 aromatic rings. The number of aliphatic carboxylic acids is 1. The molecule has 0 aliphatic carbocycles. The lowest BCUT2D eigenvalue weighted by molar-refractivity contribution is -0.140. The van der Waals surface area contributed by atoms with Gasteiger partial charge in [0.15, 0.2) is 0 Å². The molecular weight excluding hydrogens is 300 g/mol. The number of hydrogen-bond acceptors (Lipinski definition) is 4. The van der Waals surface area contributed by atoms with Crippen molar-refractivity contribution in [2.45, 2.75) is 12.5 Å². The van der Waals surface area contributed by atoms with Gasteiger partial charge in [0.05, 0.1) is 28.8 Å². The predicted octanol–water partition coefficient (Wildman–Crippen LogP) is 0.662. The Hall–Kier alpha value is -2.79. The molecule has 0 fully saturated rings. The molecule has 5 N–H and O–H groups in total. The molecule has 1 unspecified atom stereocenters. The summed E-state index contributed by atoms with van der Waals surface area (Å²) < 4.78 is 0. The van der Waals surface area contributed by atoms with Gasteiger partial charge in [0.1, 0.15) is 6.04 Å². The standard InChI is InChI=1S/C12H11ClN4O4/c13-7-3-6(5-14)1-2-8(7)16-12(21)17-9(11(19)20)4-10(15)18/h1-3,9H,4H2,(H2,15,18)(H,19,20)(H2,16,17,21). The van der Waals surface area contributed by atoms with Crippen molar-refractivity contribution in [2.75, 3.05) is 5.32 Å². The maximum atomic E-state index is 11.7. The van der Waals surface area contributed by atoms with Crippen LogP contribution in [0.3, 0.4) is 0 Å². The molecule has 9 heteroatoms. The number of carbonyl (C=O) groups excluding carboxylic acids is 2. The van der Waals surface area contributed by atoms with E-state index in [-0.39, 0.29) is 10.7 Å². The Kier molecular flexibility index (Phi) is 5.51. The van der Waals surface area contributed by atoms with Crippen LogP contribution in [0, 0.1) is 11.3 Å². The lowest BCUT2D eigenvalue weighted by Crippen LogP contribution is -2.45. The van der Waals surface area contributed by atoms with Crippen LogP contribution in [0.25, 0.3) is 0 Å². The van der Waals surface area contributed by atoms with Gasteiger partial charge in [-0.2, -0.15) is 5.26 Å².